The number of amides is 2. The molecule has 20 heteroatoms. The molecule has 6 N–H and O–H groups in total. The molecule has 210 valence electrons. The quantitative estimate of drug-likeness (QED) is 0.0605. The van der Waals surface area contributed by atoms with E-state index in [0.29, 0.717) is 29.6 Å². The predicted octanol–water partition coefficient (Wildman–Crippen LogP) is -0.601. The number of tetrazole rings is 1. The molecule has 1 unspecified atom stereocenters. The Bertz CT molecular complexity index is 1330. The standard InChI is InChI=1S/C19H20N10O5S3.2ClH/c1-2-5-34-25-11(10-8-36-18(21)22-10)14(30)23-12-15(31)29-13(17(32)33)9(6-35-16(12)29)7-37-19-24-26-27-28(19)4-3-20;;/h1,8,12,16H,3-7,20H2,(H2,21,22)(H,23,30)(H,32,33);2*1H/b25-11-;;/t12?,16-;;/m1../s1. The van der Waals surface area contributed by atoms with Gasteiger partial charge in [0.2, 0.25) is 5.16 Å². The number of terminal acetylenes is 1. The molecule has 2 aromatic heterocycles. The maximum absolute atomic E-state index is 13.0. The lowest BCUT2D eigenvalue weighted by Crippen LogP contribution is -2.71. The lowest BCUT2D eigenvalue weighted by Gasteiger charge is -2.49. The van der Waals surface area contributed by atoms with Crippen LogP contribution in [0.2, 0.25) is 0 Å². The Balaban J connectivity index is 0.00000267. The van der Waals surface area contributed by atoms with Crippen LogP contribution in [0.3, 0.4) is 0 Å². The monoisotopic (exact) mass is 636 g/mol. The van der Waals surface area contributed by atoms with Crippen LogP contribution in [0.15, 0.2) is 27.0 Å². The van der Waals surface area contributed by atoms with Crippen molar-refractivity contribution in [2.45, 2.75) is 23.1 Å². The van der Waals surface area contributed by atoms with E-state index in [-0.39, 0.29) is 59.4 Å². The second-order valence-corrected chi connectivity index (χ2v) is 10.3. The summed E-state index contributed by atoms with van der Waals surface area (Å²) in [6, 6.07) is -0.980. The molecule has 0 saturated carbocycles. The van der Waals surface area contributed by atoms with Crippen molar-refractivity contribution in [1.82, 2.24) is 35.4 Å². The van der Waals surface area contributed by atoms with Crippen molar-refractivity contribution in [3.8, 4) is 12.3 Å². The number of nitrogens with one attached hydrogen (secondary N) is 1. The number of oxime groups is 1. The Morgan fingerprint density at radius 3 is 2.82 bits per heavy atom. The molecule has 1 saturated heterocycles. The molecule has 2 aliphatic heterocycles. The number of halogens is 2. The molecule has 39 heavy (non-hydrogen) atoms. The smallest absolute Gasteiger partial charge is 0.352 e. The zero-order valence-electron chi connectivity index (χ0n) is 19.8. The van der Waals surface area contributed by atoms with Crippen LogP contribution >= 0.6 is 59.7 Å². The molecule has 2 aromatic rings. The number of hydrogen-bond donors (Lipinski definition) is 4. The van der Waals surface area contributed by atoms with Gasteiger partial charge in [-0.05, 0) is 16.0 Å². The molecule has 2 aliphatic rings. The van der Waals surface area contributed by atoms with Crippen LogP contribution < -0.4 is 16.8 Å². The normalized spacial score (nSPS) is 18.2. The fourth-order valence-electron chi connectivity index (χ4n) is 3.45. The van der Waals surface area contributed by atoms with Gasteiger partial charge in [0.25, 0.3) is 11.8 Å². The molecular formula is C19H22Cl2N10O5S3. The van der Waals surface area contributed by atoms with Gasteiger partial charge in [0.05, 0.1) is 6.54 Å². The highest BCUT2D eigenvalue weighted by Crippen LogP contribution is 2.41. The summed E-state index contributed by atoms with van der Waals surface area (Å²) in [6.07, 6.45) is 5.15. The van der Waals surface area contributed by atoms with Crippen LogP contribution in [0, 0.1) is 12.3 Å². The molecule has 0 bridgehead atoms. The number of carboxylic acids is 1. The van der Waals surface area contributed by atoms with Crippen molar-refractivity contribution in [3.05, 3.63) is 22.3 Å². The van der Waals surface area contributed by atoms with E-state index >= 15 is 0 Å². The molecule has 2 atom stereocenters. The van der Waals surface area contributed by atoms with E-state index in [9.17, 15) is 19.5 Å². The van der Waals surface area contributed by atoms with Gasteiger partial charge in [0.1, 0.15) is 22.8 Å². The van der Waals surface area contributed by atoms with Crippen molar-refractivity contribution in [2.24, 2.45) is 10.9 Å². The topological polar surface area (TPSA) is 217 Å². The van der Waals surface area contributed by atoms with Gasteiger partial charge in [-0.3, -0.25) is 14.5 Å². The third kappa shape index (κ3) is 6.93. The van der Waals surface area contributed by atoms with Gasteiger partial charge in [-0.1, -0.05) is 22.8 Å². The van der Waals surface area contributed by atoms with Crippen molar-refractivity contribution < 1.29 is 24.3 Å². The fraction of sp³-hybridized carbons (Fsp3) is 0.368. The number of hydrogen-bond acceptors (Lipinski definition) is 14. The fourth-order valence-corrected chi connectivity index (χ4v) is 6.39. The minimum atomic E-state index is -1.25. The van der Waals surface area contributed by atoms with E-state index in [1.807, 2.05) is 0 Å². The van der Waals surface area contributed by atoms with Crippen LogP contribution in [0.1, 0.15) is 5.69 Å². The van der Waals surface area contributed by atoms with E-state index in [4.69, 9.17) is 22.7 Å². The highest BCUT2D eigenvalue weighted by molar-refractivity contribution is 8.01. The second kappa shape index (κ2) is 14.3. The Morgan fingerprint density at radius 1 is 1.41 bits per heavy atom. The van der Waals surface area contributed by atoms with E-state index in [0.717, 1.165) is 11.3 Å². The van der Waals surface area contributed by atoms with Crippen LogP contribution in [0.5, 0.6) is 0 Å². The highest BCUT2D eigenvalue weighted by Gasteiger charge is 2.54. The summed E-state index contributed by atoms with van der Waals surface area (Å²) in [5.74, 6) is 0.243. The molecule has 4 rings (SSSR count). The van der Waals surface area contributed by atoms with Crippen LogP contribution in [-0.2, 0) is 25.8 Å². The zero-order chi connectivity index (χ0) is 26.5. The maximum Gasteiger partial charge on any atom is 0.352 e. The van der Waals surface area contributed by atoms with Gasteiger partial charge in [0, 0.05) is 23.4 Å². The van der Waals surface area contributed by atoms with Crippen molar-refractivity contribution in [2.75, 3.05) is 30.4 Å². The largest absolute Gasteiger partial charge is 0.477 e. The first-order valence-electron chi connectivity index (χ1n) is 10.5. The minimum absolute atomic E-state index is 0. The Hall–Kier alpha value is -3.08. The summed E-state index contributed by atoms with van der Waals surface area (Å²) in [5.41, 5.74) is 11.6. The van der Waals surface area contributed by atoms with E-state index in [2.05, 4.69) is 36.9 Å². The molecule has 0 radical (unpaired) electrons. The summed E-state index contributed by atoms with van der Waals surface area (Å²) >= 11 is 3.67. The highest BCUT2D eigenvalue weighted by atomic mass is 35.5. The summed E-state index contributed by atoms with van der Waals surface area (Å²) in [5, 5.41) is 29.2. The number of carbonyl (C=O) groups excluding carboxylic acids is 2. The first kappa shape index (κ1) is 32.1. The number of fused-ring (bicyclic) bond motifs is 1. The number of carboxylic acid groups (broad SMARTS) is 1. The number of β-lactam (4-membered cyclic amide) rings is 1. The van der Waals surface area contributed by atoms with Gasteiger partial charge in [-0.15, -0.1) is 59.4 Å². The molecule has 0 spiro atoms. The molecule has 1 fully saturated rings. The van der Waals surface area contributed by atoms with E-state index < -0.39 is 29.2 Å². The molecular weight excluding hydrogens is 615 g/mol. The van der Waals surface area contributed by atoms with Gasteiger partial charge in [0.15, 0.2) is 17.5 Å². The zero-order valence-corrected chi connectivity index (χ0v) is 23.8. The van der Waals surface area contributed by atoms with E-state index in [1.165, 1.54) is 38.5 Å². The molecule has 4 heterocycles. The van der Waals surface area contributed by atoms with Gasteiger partial charge >= 0.3 is 5.97 Å². The number of anilines is 1. The molecule has 0 aliphatic carbocycles. The first-order chi connectivity index (χ1) is 17.8. The van der Waals surface area contributed by atoms with Gasteiger partial charge < -0.3 is 26.7 Å². The lowest BCUT2D eigenvalue weighted by molar-refractivity contribution is -0.150. The van der Waals surface area contributed by atoms with Crippen molar-refractivity contribution in [1.29, 1.82) is 0 Å². The van der Waals surface area contributed by atoms with Crippen molar-refractivity contribution in [3.63, 3.8) is 0 Å². The number of nitrogen functional groups attached to an aromatic ring is 1. The molecule has 0 aromatic carbocycles. The minimum Gasteiger partial charge on any atom is -0.477 e. The maximum atomic E-state index is 13.0. The van der Waals surface area contributed by atoms with Gasteiger partial charge in [-0.25, -0.2) is 14.5 Å². The number of aromatic nitrogens is 5. The van der Waals surface area contributed by atoms with Gasteiger partial charge in [-0.2, -0.15) is 0 Å². The predicted molar refractivity (Wildman–Crippen MR) is 150 cm³/mol. The second-order valence-electron chi connectivity index (χ2n) is 7.37. The number of thiazole rings is 1. The SMILES string of the molecule is C#CCO/N=C(\C(=O)NC1C(=O)N2C(C(=O)O)=C(CSc3nnnn3CCN)CS[C@H]12)c1csc(N)n1.Cl.Cl. The number of thioether (sulfide) groups is 2. The van der Waals surface area contributed by atoms with E-state index in [1.54, 1.807) is 0 Å². The average Bonchev–Trinajstić information content (AvgIpc) is 3.51. The Kier molecular flexibility index (Phi) is 11.8. The van der Waals surface area contributed by atoms with Crippen LogP contribution in [-0.4, -0.2) is 94.8 Å². The number of rotatable bonds is 11. The first-order valence-corrected chi connectivity index (χ1v) is 13.4. The third-order valence-corrected chi connectivity index (χ3v) is 8.09. The summed E-state index contributed by atoms with van der Waals surface area (Å²) < 4.78 is 1.52. The summed E-state index contributed by atoms with van der Waals surface area (Å²) in [6.45, 7) is 0.569. The Labute approximate surface area is 246 Å². The number of carbonyl (C=O) groups is 3. The number of aliphatic carboxylic acids is 1. The lowest BCUT2D eigenvalue weighted by atomic mass is 10.0. The number of nitrogens with two attached hydrogens (primary N) is 2. The number of nitrogens with zero attached hydrogens (tertiary/aromatic N) is 7. The summed E-state index contributed by atoms with van der Waals surface area (Å²) in [7, 11) is 0. The van der Waals surface area contributed by atoms with Crippen LogP contribution in [0.25, 0.3) is 0 Å². The summed E-state index contributed by atoms with van der Waals surface area (Å²) in [4.78, 5) is 48.2. The Morgan fingerprint density at radius 2 is 2.18 bits per heavy atom. The molecule has 2 amide bonds. The van der Waals surface area contributed by atoms with Crippen molar-refractivity contribution >= 4 is 88.3 Å². The third-order valence-electron chi connectivity index (χ3n) is 5.04. The average molecular weight is 638 g/mol. The molecule has 15 nitrogen and oxygen atoms in total. The van der Waals surface area contributed by atoms with Crippen LogP contribution in [0.4, 0.5) is 5.13 Å².